The summed E-state index contributed by atoms with van der Waals surface area (Å²) < 4.78 is 5.21. The van der Waals surface area contributed by atoms with Gasteiger partial charge in [-0.05, 0) is 24.9 Å². The third-order valence-electron chi connectivity index (χ3n) is 3.60. The maximum Gasteiger partial charge on any atom is 0.310 e. The molecule has 0 bridgehead atoms. The summed E-state index contributed by atoms with van der Waals surface area (Å²) in [5.41, 5.74) is 0. The number of rotatable bonds is 7. The van der Waals surface area contributed by atoms with Gasteiger partial charge in [-0.1, -0.05) is 6.07 Å². The molecule has 6 nitrogen and oxygen atoms in total. The molecule has 0 radical (unpaired) electrons. The Morgan fingerprint density at radius 2 is 2.33 bits per heavy atom. The highest BCUT2D eigenvalue weighted by Crippen LogP contribution is 2.18. The molecule has 1 aliphatic rings. The molecule has 2 N–H and O–H groups in total. The lowest BCUT2D eigenvalue weighted by molar-refractivity contribution is -0.143. The Morgan fingerprint density at radius 3 is 3.00 bits per heavy atom. The molecule has 0 saturated carbocycles. The summed E-state index contributed by atoms with van der Waals surface area (Å²) >= 11 is 1.67. The van der Waals surface area contributed by atoms with Crippen LogP contribution in [-0.4, -0.2) is 61.3 Å². The Morgan fingerprint density at radius 1 is 1.52 bits per heavy atom. The maximum absolute atomic E-state index is 11.9. The number of amides is 1. The van der Waals surface area contributed by atoms with Crippen LogP contribution in [0.2, 0.25) is 0 Å². The summed E-state index contributed by atoms with van der Waals surface area (Å²) in [6.07, 6.45) is 0.817. The lowest BCUT2D eigenvalue weighted by Crippen LogP contribution is -2.45. The first kappa shape index (κ1) is 15.9. The molecule has 0 spiro atoms. The predicted molar refractivity (Wildman–Crippen MR) is 79.4 cm³/mol. The van der Waals surface area contributed by atoms with Crippen LogP contribution in [0.4, 0.5) is 0 Å². The summed E-state index contributed by atoms with van der Waals surface area (Å²) in [5.74, 6) is -1.53. The molecule has 1 aromatic rings. The van der Waals surface area contributed by atoms with Crippen molar-refractivity contribution in [1.82, 2.24) is 10.2 Å². The molecule has 0 aliphatic carbocycles. The van der Waals surface area contributed by atoms with E-state index in [1.165, 1.54) is 4.88 Å². The number of likely N-dealkylation sites (N-methyl/N-ethyl adjacent to an activating group) is 1. The van der Waals surface area contributed by atoms with Crippen LogP contribution >= 0.6 is 11.3 Å². The van der Waals surface area contributed by atoms with E-state index in [0.717, 1.165) is 6.42 Å². The minimum Gasteiger partial charge on any atom is -0.481 e. The highest BCUT2D eigenvalue weighted by Gasteiger charge is 2.37. The van der Waals surface area contributed by atoms with Gasteiger partial charge >= 0.3 is 5.97 Å². The fraction of sp³-hybridized carbons (Fsp3) is 0.571. The van der Waals surface area contributed by atoms with Crippen molar-refractivity contribution in [2.45, 2.75) is 12.5 Å². The van der Waals surface area contributed by atoms with Gasteiger partial charge in [0.2, 0.25) is 5.91 Å². The molecule has 2 heterocycles. The van der Waals surface area contributed by atoms with Gasteiger partial charge in [0.1, 0.15) is 0 Å². The lowest BCUT2D eigenvalue weighted by atomic mass is 10.0. The van der Waals surface area contributed by atoms with E-state index in [1.807, 2.05) is 17.5 Å². The maximum atomic E-state index is 11.9. The topological polar surface area (TPSA) is 78.9 Å². The second kappa shape index (κ2) is 7.53. The fourth-order valence-electron chi connectivity index (χ4n) is 2.39. The van der Waals surface area contributed by atoms with Crippen molar-refractivity contribution in [2.75, 3.05) is 33.4 Å². The standard InChI is InChI=1S/C14H20N2O4S/c1-16(12-9-20-8-11(12)14(18)19)7-13(17)15-5-4-10-3-2-6-21-10/h2-3,6,11-12H,4-5,7-9H2,1H3,(H,15,17)(H,18,19). The third kappa shape index (κ3) is 4.52. The van der Waals surface area contributed by atoms with Crippen molar-refractivity contribution in [3.8, 4) is 0 Å². The molecule has 1 amide bonds. The summed E-state index contributed by atoms with van der Waals surface area (Å²) in [6.45, 7) is 1.35. The molecule has 1 aromatic heterocycles. The van der Waals surface area contributed by atoms with Crippen molar-refractivity contribution in [3.05, 3.63) is 22.4 Å². The van der Waals surface area contributed by atoms with Crippen molar-refractivity contribution in [3.63, 3.8) is 0 Å². The van der Waals surface area contributed by atoms with Crippen molar-refractivity contribution in [1.29, 1.82) is 0 Å². The summed E-state index contributed by atoms with van der Waals surface area (Å²) in [4.78, 5) is 26.0. The van der Waals surface area contributed by atoms with Crippen LogP contribution in [-0.2, 0) is 20.7 Å². The molecule has 2 atom stereocenters. The highest BCUT2D eigenvalue weighted by atomic mass is 32.1. The molecule has 1 saturated heterocycles. The minimum absolute atomic E-state index is 0.0925. The first-order chi connectivity index (χ1) is 10.1. The van der Waals surface area contributed by atoms with E-state index in [9.17, 15) is 9.59 Å². The molecule has 7 heteroatoms. The highest BCUT2D eigenvalue weighted by molar-refractivity contribution is 7.09. The second-order valence-electron chi connectivity index (χ2n) is 5.14. The van der Waals surface area contributed by atoms with Gasteiger partial charge < -0.3 is 15.2 Å². The van der Waals surface area contributed by atoms with E-state index in [2.05, 4.69) is 5.32 Å². The number of nitrogens with zero attached hydrogens (tertiary/aromatic N) is 1. The van der Waals surface area contributed by atoms with Crippen LogP contribution in [0.1, 0.15) is 4.88 Å². The van der Waals surface area contributed by atoms with Gasteiger partial charge in [-0.3, -0.25) is 14.5 Å². The molecule has 0 aromatic carbocycles. The molecule has 21 heavy (non-hydrogen) atoms. The van der Waals surface area contributed by atoms with Crippen molar-refractivity contribution >= 4 is 23.2 Å². The van der Waals surface area contributed by atoms with E-state index in [-0.39, 0.29) is 25.1 Å². The largest absolute Gasteiger partial charge is 0.481 e. The Bertz CT molecular complexity index is 477. The summed E-state index contributed by atoms with van der Waals surface area (Å²) in [6, 6.07) is 3.78. The average molecular weight is 312 g/mol. The van der Waals surface area contributed by atoms with Gasteiger partial charge in [-0.25, -0.2) is 0 Å². The zero-order valence-corrected chi connectivity index (χ0v) is 12.8. The predicted octanol–water partition coefficient (Wildman–Crippen LogP) is 0.438. The lowest BCUT2D eigenvalue weighted by Gasteiger charge is -2.25. The molecular formula is C14H20N2O4S. The van der Waals surface area contributed by atoms with Crippen LogP contribution in [0.3, 0.4) is 0 Å². The van der Waals surface area contributed by atoms with Gasteiger partial charge in [-0.15, -0.1) is 11.3 Å². The number of hydrogen-bond acceptors (Lipinski definition) is 5. The van der Waals surface area contributed by atoms with Gasteiger partial charge in [0.25, 0.3) is 0 Å². The number of aliphatic carboxylic acids is 1. The molecule has 2 rings (SSSR count). The summed E-state index contributed by atoms with van der Waals surface area (Å²) in [5, 5.41) is 14.0. The van der Waals surface area contributed by atoms with Crippen molar-refractivity contribution < 1.29 is 19.4 Å². The normalized spacial score (nSPS) is 21.6. The van der Waals surface area contributed by atoms with E-state index in [0.29, 0.717) is 13.2 Å². The fourth-order valence-corrected chi connectivity index (χ4v) is 3.10. The quantitative estimate of drug-likeness (QED) is 0.764. The molecule has 1 aliphatic heterocycles. The van der Waals surface area contributed by atoms with Gasteiger partial charge in [0.05, 0.1) is 25.7 Å². The van der Waals surface area contributed by atoms with Crippen LogP contribution < -0.4 is 5.32 Å². The Labute approximate surface area is 127 Å². The third-order valence-corrected chi connectivity index (χ3v) is 4.54. The number of thiophene rings is 1. The number of hydrogen-bond donors (Lipinski definition) is 2. The van der Waals surface area contributed by atoms with Crippen molar-refractivity contribution in [2.24, 2.45) is 5.92 Å². The number of carbonyl (C=O) groups is 2. The van der Waals surface area contributed by atoms with Crippen LogP contribution in [0.15, 0.2) is 17.5 Å². The van der Waals surface area contributed by atoms with Crippen LogP contribution in [0, 0.1) is 5.92 Å². The molecule has 1 fully saturated rings. The zero-order chi connectivity index (χ0) is 15.2. The zero-order valence-electron chi connectivity index (χ0n) is 11.9. The smallest absolute Gasteiger partial charge is 0.310 e. The van der Waals surface area contributed by atoms with Gasteiger partial charge in [0.15, 0.2) is 0 Å². The minimum atomic E-state index is -0.873. The number of carboxylic acids is 1. The molecule has 116 valence electrons. The Hall–Kier alpha value is -1.44. The average Bonchev–Trinajstić information content (AvgIpc) is 3.09. The molecular weight excluding hydrogens is 292 g/mol. The Balaban J connectivity index is 1.72. The first-order valence-electron chi connectivity index (χ1n) is 6.88. The molecule has 2 unspecified atom stereocenters. The van der Waals surface area contributed by atoms with E-state index in [4.69, 9.17) is 9.84 Å². The number of carbonyl (C=O) groups excluding carboxylic acids is 1. The van der Waals surface area contributed by atoms with Gasteiger partial charge in [0, 0.05) is 17.5 Å². The number of ether oxygens (including phenoxy) is 1. The monoisotopic (exact) mass is 312 g/mol. The van der Waals surface area contributed by atoms with Crippen LogP contribution in [0.25, 0.3) is 0 Å². The number of carboxylic acid groups (broad SMARTS) is 1. The van der Waals surface area contributed by atoms with E-state index < -0.39 is 11.9 Å². The SMILES string of the molecule is CN(CC(=O)NCCc1cccs1)C1COCC1C(=O)O. The summed E-state index contributed by atoms with van der Waals surface area (Å²) in [7, 11) is 1.76. The van der Waals surface area contributed by atoms with E-state index in [1.54, 1.807) is 23.3 Å². The van der Waals surface area contributed by atoms with E-state index >= 15 is 0 Å². The first-order valence-corrected chi connectivity index (χ1v) is 7.75. The van der Waals surface area contributed by atoms with Gasteiger partial charge in [-0.2, -0.15) is 0 Å². The Kier molecular flexibility index (Phi) is 5.72. The second-order valence-corrected chi connectivity index (χ2v) is 6.18. The number of nitrogens with one attached hydrogen (secondary N) is 1. The van der Waals surface area contributed by atoms with Crippen LogP contribution in [0.5, 0.6) is 0 Å².